The van der Waals surface area contributed by atoms with Crippen LogP contribution in [0.2, 0.25) is 5.02 Å². The first kappa shape index (κ1) is 22.7. The molecule has 1 aliphatic rings. The monoisotopic (exact) mass is 499 g/mol. The van der Waals surface area contributed by atoms with E-state index in [9.17, 15) is 4.79 Å². The van der Waals surface area contributed by atoms with Crippen LogP contribution in [-0.4, -0.2) is 55.2 Å². The summed E-state index contributed by atoms with van der Waals surface area (Å²) in [5, 5.41) is 2.20. The SMILES string of the molecule is Cc1cc(C)c2nc(N(CCCN3CCOCC3)C(=O)c3sc4ccccc4c3Cl)sc2c1. The summed E-state index contributed by atoms with van der Waals surface area (Å²) in [6.07, 6.45) is 0.863. The number of carbonyl (C=O) groups excluding carboxylic acids is 1. The number of halogens is 1. The number of amides is 1. The Bertz CT molecular complexity index is 1310. The Morgan fingerprint density at radius 2 is 1.94 bits per heavy atom. The zero-order valence-corrected chi connectivity index (χ0v) is 21.2. The van der Waals surface area contributed by atoms with Crippen molar-refractivity contribution in [1.29, 1.82) is 0 Å². The normalized spacial score (nSPS) is 14.9. The van der Waals surface area contributed by atoms with E-state index in [1.54, 1.807) is 11.3 Å². The molecule has 1 amide bonds. The second-order valence-electron chi connectivity index (χ2n) is 8.43. The van der Waals surface area contributed by atoms with Crippen LogP contribution in [0.25, 0.3) is 20.3 Å². The molecular weight excluding hydrogens is 474 g/mol. The molecule has 2 aromatic carbocycles. The van der Waals surface area contributed by atoms with Crippen LogP contribution >= 0.6 is 34.3 Å². The minimum atomic E-state index is -0.0726. The molecular formula is C25H26ClN3O2S2. The number of anilines is 1. The fourth-order valence-electron chi connectivity index (χ4n) is 4.31. The van der Waals surface area contributed by atoms with Gasteiger partial charge < -0.3 is 4.74 Å². The number of thiazole rings is 1. The van der Waals surface area contributed by atoms with Crippen molar-refractivity contribution in [2.24, 2.45) is 0 Å². The third-order valence-electron chi connectivity index (χ3n) is 5.98. The van der Waals surface area contributed by atoms with E-state index in [0.717, 1.165) is 70.3 Å². The van der Waals surface area contributed by atoms with Crippen LogP contribution < -0.4 is 4.90 Å². The van der Waals surface area contributed by atoms with E-state index in [2.05, 4.69) is 30.9 Å². The standard InChI is InChI=1S/C25H26ClN3O2S2/c1-16-14-17(2)22-20(15-16)33-25(27-22)29(9-5-8-28-10-12-31-13-11-28)24(30)23-21(26)18-6-3-4-7-19(18)32-23/h3-4,6-7,14-15H,5,8-13H2,1-2H3. The number of aryl methyl sites for hydroxylation is 2. The molecule has 0 bridgehead atoms. The molecule has 5 rings (SSSR count). The molecule has 0 unspecified atom stereocenters. The number of aromatic nitrogens is 1. The number of hydrogen-bond acceptors (Lipinski definition) is 6. The number of thiophene rings is 1. The predicted octanol–water partition coefficient (Wildman–Crippen LogP) is 6.15. The molecule has 0 N–H and O–H groups in total. The Labute approximate surface area is 206 Å². The van der Waals surface area contributed by atoms with Gasteiger partial charge >= 0.3 is 0 Å². The molecule has 8 heteroatoms. The van der Waals surface area contributed by atoms with Crippen LogP contribution in [0.4, 0.5) is 5.13 Å². The molecule has 5 nitrogen and oxygen atoms in total. The van der Waals surface area contributed by atoms with Crippen LogP contribution in [0, 0.1) is 13.8 Å². The second-order valence-corrected chi connectivity index (χ2v) is 10.9. The number of benzene rings is 2. The number of morpholine rings is 1. The van der Waals surface area contributed by atoms with Gasteiger partial charge in [-0.1, -0.05) is 47.2 Å². The average Bonchev–Trinajstić information content (AvgIpc) is 3.39. The van der Waals surface area contributed by atoms with Crippen molar-refractivity contribution >= 4 is 65.6 Å². The van der Waals surface area contributed by atoms with E-state index in [4.69, 9.17) is 21.3 Å². The van der Waals surface area contributed by atoms with Crippen molar-refractivity contribution < 1.29 is 9.53 Å². The maximum absolute atomic E-state index is 13.8. The zero-order valence-electron chi connectivity index (χ0n) is 18.8. The molecule has 0 aliphatic carbocycles. The van der Waals surface area contributed by atoms with Gasteiger partial charge in [0.15, 0.2) is 5.13 Å². The van der Waals surface area contributed by atoms with Gasteiger partial charge in [-0.3, -0.25) is 14.6 Å². The Morgan fingerprint density at radius 1 is 1.15 bits per heavy atom. The fourth-order valence-corrected chi connectivity index (χ4v) is 6.94. The molecule has 0 spiro atoms. The number of fused-ring (bicyclic) bond motifs is 2. The summed E-state index contributed by atoms with van der Waals surface area (Å²) in [5.74, 6) is -0.0726. The minimum absolute atomic E-state index is 0.0726. The lowest BCUT2D eigenvalue weighted by Gasteiger charge is -2.27. The smallest absolute Gasteiger partial charge is 0.271 e. The predicted molar refractivity (Wildman–Crippen MR) is 139 cm³/mol. The summed E-state index contributed by atoms with van der Waals surface area (Å²) in [7, 11) is 0. The van der Waals surface area contributed by atoms with E-state index in [-0.39, 0.29) is 5.91 Å². The van der Waals surface area contributed by atoms with Crippen molar-refractivity contribution in [3.05, 3.63) is 57.4 Å². The van der Waals surface area contributed by atoms with Gasteiger partial charge in [0, 0.05) is 36.3 Å². The molecule has 172 valence electrons. The Hall–Kier alpha value is -2.03. The molecule has 33 heavy (non-hydrogen) atoms. The topological polar surface area (TPSA) is 45.7 Å². The van der Waals surface area contributed by atoms with E-state index >= 15 is 0 Å². The average molecular weight is 500 g/mol. The highest BCUT2D eigenvalue weighted by Gasteiger charge is 2.26. The minimum Gasteiger partial charge on any atom is -0.379 e. The van der Waals surface area contributed by atoms with E-state index in [1.165, 1.54) is 16.9 Å². The van der Waals surface area contributed by atoms with Crippen molar-refractivity contribution in [2.45, 2.75) is 20.3 Å². The summed E-state index contributed by atoms with van der Waals surface area (Å²) in [5.41, 5.74) is 3.30. The Balaban J connectivity index is 1.48. The first-order valence-electron chi connectivity index (χ1n) is 11.2. The summed E-state index contributed by atoms with van der Waals surface area (Å²) in [6, 6.07) is 12.2. The summed E-state index contributed by atoms with van der Waals surface area (Å²) < 4.78 is 7.59. The number of ether oxygens (including phenoxy) is 1. The van der Waals surface area contributed by atoms with Gasteiger partial charge in [-0.05, 0) is 43.5 Å². The third kappa shape index (κ3) is 4.66. The first-order valence-corrected chi connectivity index (χ1v) is 13.2. The van der Waals surface area contributed by atoms with Crippen molar-refractivity contribution in [3.63, 3.8) is 0 Å². The molecule has 0 atom stereocenters. The van der Waals surface area contributed by atoms with Crippen LogP contribution in [0.15, 0.2) is 36.4 Å². The van der Waals surface area contributed by atoms with Crippen molar-refractivity contribution in [2.75, 3.05) is 44.3 Å². The largest absolute Gasteiger partial charge is 0.379 e. The van der Waals surface area contributed by atoms with Crippen LogP contribution in [0.3, 0.4) is 0 Å². The van der Waals surface area contributed by atoms with E-state index in [1.807, 2.05) is 29.2 Å². The van der Waals surface area contributed by atoms with Crippen molar-refractivity contribution in [3.8, 4) is 0 Å². The highest BCUT2D eigenvalue weighted by atomic mass is 35.5. The number of hydrogen-bond donors (Lipinski definition) is 0. The lowest BCUT2D eigenvalue weighted by atomic mass is 10.1. The second kappa shape index (κ2) is 9.68. The maximum atomic E-state index is 13.8. The molecule has 1 saturated heterocycles. The van der Waals surface area contributed by atoms with E-state index in [0.29, 0.717) is 16.4 Å². The Kier molecular flexibility index (Phi) is 6.67. The molecule has 0 radical (unpaired) electrons. The number of nitrogens with zero attached hydrogens (tertiary/aromatic N) is 3. The van der Waals surface area contributed by atoms with Gasteiger partial charge in [0.2, 0.25) is 0 Å². The Morgan fingerprint density at radius 3 is 2.73 bits per heavy atom. The molecule has 1 aliphatic heterocycles. The van der Waals surface area contributed by atoms with Gasteiger partial charge in [-0.15, -0.1) is 11.3 Å². The molecule has 1 fully saturated rings. The highest BCUT2D eigenvalue weighted by molar-refractivity contribution is 7.23. The lowest BCUT2D eigenvalue weighted by molar-refractivity contribution is 0.0376. The lowest BCUT2D eigenvalue weighted by Crippen LogP contribution is -2.39. The highest BCUT2D eigenvalue weighted by Crippen LogP contribution is 2.38. The number of rotatable bonds is 6. The third-order valence-corrected chi connectivity index (χ3v) is 8.67. The molecule has 3 heterocycles. The van der Waals surface area contributed by atoms with Gasteiger partial charge in [0.1, 0.15) is 4.88 Å². The summed E-state index contributed by atoms with van der Waals surface area (Å²) >= 11 is 9.72. The number of carbonyl (C=O) groups is 1. The van der Waals surface area contributed by atoms with E-state index < -0.39 is 0 Å². The molecule has 0 saturated carbocycles. The van der Waals surface area contributed by atoms with Gasteiger partial charge in [0.25, 0.3) is 5.91 Å². The van der Waals surface area contributed by atoms with Crippen LogP contribution in [-0.2, 0) is 4.74 Å². The first-order chi connectivity index (χ1) is 16.0. The van der Waals surface area contributed by atoms with Crippen molar-refractivity contribution in [1.82, 2.24) is 9.88 Å². The van der Waals surface area contributed by atoms with Gasteiger partial charge in [0.05, 0.1) is 28.5 Å². The quantitative estimate of drug-likeness (QED) is 0.319. The van der Waals surface area contributed by atoms with Gasteiger partial charge in [-0.2, -0.15) is 0 Å². The molecule has 2 aromatic heterocycles. The fraction of sp³-hybridized carbons (Fsp3) is 0.360. The molecule has 4 aromatic rings. The van der Waals surface area contributed by atoms with Crippen LogP contribution in [0.5, 0.6) is 0 Å². The summed E-state index contributed by atoms with van der Waals surface area (Å²) in [4.78, 5) is 23.5. The maximum Gasteiger partial charge on any atom is 0.271 e. The van der Waals surface area contributed by atoms with Crippen LogP contribution in [0.1, 0.15) is 27.2 Å². The van der Waals surface area contributed by atoms with Gasteiger partial charge in [-0.25, -0.2) is 4.98 Å². The summed E-state index contributed by atoms with van der Waals surface area (Å²) in [6.45, 7) is 9.12. The zero-order chi connectivity index (χ0) is 22.9.